The quantitative estimate of drug-likeness (QED) is 0.550. The van der Waals surface area contributed by atoms with Crippen molar-refractivity contribution in [3.63, 3.8) is 0 Å². The molecular weight excluding hydrogens is 336 g/mol. The van der Waals surface area contributed by atoms with Crippen molar-refractivity contribution < 1.29 is 13.2 Å². The van der Waals surface area contributed by atoms with Crippen LogP contribution in [0.5, 0.6) is 5.75 Å². The number of sulfonamides is 1. The van der Waals surface area contributed by atoms with E-state index in [0.717, 1.165) is 17.5 Å². The monoisotopic (exact) mass is 358 g/mol. The Balaban J connectivity index is 1.96. The van der Waals surface area contributed by atoms with Gasteiger partial charge in [-0.2, -0.15) is 0 Å². The summed E-state index contributed by atoms with van der Waals surface area (Å²) in [7, 11) is -3.55. The van der Waals surface area contributed by atoms with Crippen molar-refractivity contribution in [1.82, 2.24) is 4.72 Å². The summed E-state index contributed by atoms with van der Waals surface area (Å²) in [6.45, 7) is 9.59. The minimum absolute atomic E-state index is 0.146. The molecule has 0 heterocycles. The maximum absolute atomic E-state index is 12.3. The highest BCUT2D eigenvalue weighted by Gasteiger charge is 2.13. The van der Waals surface area contributed by atoms with Crippen molar-refractivity contribution in [2.45, 2.75) is 18.2 Å². The van der Waals surface area contributed by atoms with Crippen LogP contribution in [-0.2, 0) is 16.4 Å². The smallest absolute Gasteiger partial charge is 0.240 e. The number of nitrogens with one attached hydrogen (secondary N) is 1. The van der Waals surface area contributed by atoms with Crippen LogP contribution in [0.15, 0.2) is 58.9 Å². The second-order valence-corrected chi connectivity index (χ2v) is 7.07. The van der Waals surface area contributed by atoms with Gasteiger partial charge in [-0.25, -0.2) is 13.1 Å². The number of para-hydroxylation sites is 1. The second kappa shape index (κ2) is 8.60. The summed E-state index contributed by atoms with van der Waals surface area (Å²) < 4.78 is 32.7. The number of benzene rings is 2. The first kappa shape index (κ1) is 18.9. The molecular formula is C19H22N2O3S. The molecule has 0 saturated heterocycles. The van der Waals surface area contributed by atoms with Crippen LogP contribution in [-0.4, -0.2) is 28.3 Å². The summed E-state index contributed by atoms with van der Waals surface area (Å²) in [5.41, 5.74) is 2.49. The van der Waals surface area contributed by atoms with Crippen molar-refractivity contribution in [3.05, 3.63) is 60.2 Å². The first-order chi connectivity index (χ1) is 12.0. The molecule has 2 aromatic carbocycles. The van der Waals surface area contributed by atoms with Crippen molar-refractivity contribution in [3.8, 4) is 5.75 Å². The molecule has 0 amide bonds. The first-order valence-electron chi connectivity index (χ1n) is 7.95. The third kappa shape index (κ3) is 4.78. The Morgan fingerprint density at radius 3 is 2.52 bits per heavy atom. The van der Waals surface area contributed by atoms with Crippen molar-refractivity contribution in [2.75, 3.05) is 13.2 Å². The van der Waals surface area contributed by atoms with Gasteiger partial charge in [0.15, 0.2) is 0 Å². The number of nitrogens with zero attached hydrogens (tertiary/aromatic N) is 1. The third-order valence-electron chi connectivity index (χ3n) is 3.70. The Labute approximate surface area is 149 Å². The number of ether oxygens (including phenoxy) is 1. The fourth-order valence-electron chi connectivity index (χ4n) is 2.31. The zero-order valence-corrected chi connectivity index (χ0v) is 15.1. The zero-order chi connectivity index (χ0) is 18.3. The molecule has 0 aliphatic heterocycles. The lowest BCUT2D eigenvalue weighted by Crippen LogP contribution is -2.28. The fourth-order valence-corrected chi connectivity index (χ4v) is 3.33. The molecule has 2 rings (SSSR count). The van der Waals surface area contributed by atoms with Gasteiger partial charge in [-0.1, -0.05) is 43.8 Å². The largest absolute Gasteiger partial charge is 0.490 e. The van der Waals surface area contributed by atoms with E-state index in [4.69, 9.17) is 4.74 Å². The molecule has 2 aromatic rings. The summed E-state index contributed by atoms with van der Waals surface area (Å²) >= 11 is 0. The molecule has 0 radical (unpaired) electrons. The Morgan fingerprint density at radius 1 is 1.20 bits per heavy atom. The van der Waals surface area contributed by atoms with Crippen LogP contribution in [0.1, 0.15) is 18.1 Å². The van der Waals surface area contributed by atoms with E-state index in [1.165, 1.54) is 0 Å². The number of rotatable bonds is 9. The first-order valence-corrected chi connectivity index (χ1v) is 9.43. The molecule has 0 saturated carbocycles. The highest BCUT2D eigenvalue weighted by Crippen LogP contribution is 2.31. The maximum Gasteiger partial charge on any atom is 0.240 e. The second-order valence-electron chi connectivity index (χ2n) is 5.30. The predicted molar refractivity (Wildman–Crippen MR) is 102 cm³/mol. The molecule has 0 unspecified atom stereocenters. The van der Waals surface area contributed by atoms with E-state index in [1.807, 2.05) is 31.2 Å². The van der Waals surface area contributed by atoms with E-state index in [1.54, 1.807) is 24.3 Å². The van der Waals surface area contributed by atoms with E-state index in [2.05, 4.69) is 23.0 Å². The van der Waals surface area contributed by atoms with Crippen LogP contribution in [0.3, 0.4) is 0 Å². The Bertz CT molecular complexity index is 843. The zero-order valence-electron chi connectivity index (χ0n) is 14.2. The van der Waals surface area contributed by atoms with Gasteiger partial charge in [0.25, 0.3) is 0 Å². The molecule has 1 N–H and O–H groups in total. The lowest BCUT2D eigenvalue weighted by molar-refractivity contribution is 0.324. The van der Waals surface area contributed by atoms with E-state index in [0.29, 0.717) is 11.4 Å². The van der Waals surface area contributed by atoms with Gasteiger partial charge in [0.05, 0.1) is 4.90 Å². The number of hydrogen-bond donors (Lipinski definition) is 1. The van der Waals surface area contributed by atoms with Crippen LogP contribution in [0.25, 0.3) is 6.08 Å². The number of aliphatic imine (C=N–C) groups is 1. The average Bonchev–Trinajstić information content (AvgIpc) is 2.64. The van der Waals surface area contributed by atoms with Crippen LogP contribution in [0.4, 0.5) is 5.69 Å². The van der Waals surface area contributed by atoms with Crippen LogP contribution in [0, 0.1) is 0 Å². The van der Waals surface area contributed by atoms with Gasteiger partial charge >= 0.3 is 0 Å². The Kier molecular flexibility index (Phi) is 6.50. The van der Waals surface area contributed by atoms with Crippen molar-refractivity contribution in [2.24, 2.45) is 4.99 Å². The maximum atomic E-state index is 12.3. The van der Waals surface area contributed by atoms with Gasteiger partial charge in [0, 0.05) is 12.1 Å². The fraction of sp³-hybridized carbons (Fsp3) is 0.211. The summed E-state index contributed by atoms with van der Waals surface area (Å²) in [6.07, 6.45) is 2.53. The van der Waals surface area contributed by atoms with Crippen molar-refractivity contribution >= 4 is 28.5 Å². The minimum Gasteiger partial charge on any atom is -0.490 e. The lowest BCUT2D eigenvalue weighted by atomic mass is 10.1. The van der Waals surface area contributed by atoms with Gasteiger partial charge in [-0.15, -0.1) is 0 Å². The van der Waals surface area contributed by atoms with E-state index in [9.17, 15) is 8.42 Å². The molecule has 0 atom stereocenters. The highest BCUT2D eigenvalue weighted by molar-refractivity contribution is 7.89. The number of hydrogen-bond acceptors (Lipinski definition) is 4. The van der Waals surface area contributed by atoms with Gasteiger partial charge in [-0.05, 0) is 36.9 Å². The van der Waals surface area contributed by atoms with Crippen LogP contribution in [0.2, 0.25) is 0 Å². The Morgan fingerprint density at radius 2 is 1.92 bits per heavy atom. The molecule has 0 aromatic heterocycles. The topological polar surface area (TPSA) is 67.8 Å². The van der Waals surface area contributed by atoms with E-state index >= 15 is 0 Å². The van der Waals surface area contributed by atoms with Gasteiger partial charge in [0.1, 0.15) is 18.0 Å². The molecule has 5 nitrogen and oxygen atoms in total. The molecule has 0 bridgehead atoms. The molecule has 0 fully saturated rings. The van der Waals surface area contributed by atoms with Gasteiger partial charge in [0.2, 0.25) is 10.0 Å². The standard InChI is InChI=1S/C19H22N2O3S/c1-4-15-9-11-17(12-10-15)25(22,23)21-13-14-24-18-8-6-7-16(5-2)19(18)20-3/h5-12,21H,2-4,13-14H2,1H3. The Hall–Kier alpha value is -2.44. The summed E-state index contributed by atoms with van der Waals surface area (Å²) in [4.78, 5) is 4.19. The van der Waals surface area contributed by atoms with Gasteiger partial charge in [-0.3, -0.25) is 4.99 Å². The summed E-state index contributed by atoms with van der Waals surface area (Å²) in [5.74, 6) is 0.541. The molecule has 132 valence electrons. The number of aryl methyl sites for hydroxylation is 1. The predicted octanol–water partition coefficient (Wildman–Crippen LogP) is 3.58. The highest BCUT2D eigenvalue weighted by atomic mass is 32.2. The van der Waals surface area contributed by atoms with Crippen molar-refractivity contribution in [1.29, 1.82) is 0 Å². The normalized spacial score (nSPS) is 11.1. The van der Waals surface area contributed by atoms with Crippen LogP contribution >= 0.6 is 0 Å². The van der Waals surface area contributed by atoms with Gasteiger partial charge < -0.3 is 4.74 Å². The average molecular weight is 358 g/mol. The minimum atomic E-state index is -3.55. The summed E-state index contributed by atoms with van der Waals surface area (Å²) in [6, 6.07) is 12.3. The molecule has 0 aliphatic rings. The summed E-state index contributed by atoms with van der Waals surface area (Å²) in [5, 5.41) is 0. The van der Waals surface area contributed by atoms with E-state index in [-0.39, 0.29) is 18.0 Å². The SMILES string of the molecule is C=Cc1cccc(OCCNS(=O)(=O)c2ccc(CC)cc2)c1N=C. The molecule has 6 heteroatoms. The molecule has 25 heavy (non-hydrogen) atoms. The molecule has 0 aliphatic carbocycles. The van der Waals surface area contributed by atoms with E-state index < -0.39 is 10.0 Å². The molecule has 0 spiro atoms. The van der Waals surface area contributed by atoms with Crippen LogP contribution < -0.4 is 9.46 Å². The lowest BCUT2D eigenvalue weighted by Gasteiger charge is -2.11. The third-order valence-corrected chi connectivity index (χ3v) is 5.18.